The highest BCUT2D eigenvalue weighted by atomic mass is 32.1. The Morgan fingerprint density at radius 1 is 0.790 bits per heavy atom. The summed E-state index contributed by atoms with van der Waals surface area (Å²) in [6, 6.07) is 26.1. The number of esters is 4. The van der Waals surface area contributed by atoms with Crippen LogP contribution < -0.4 is 19.6 Å². The first-order chi connectivity index (χ1) is 29.9. The monoisotopic (exact) mass is 863 g/mol. The number of rotatable bonds is 23. The maximum atomic E-state index is 13.4. The van der Waals surface area contributed by atoms with Crippen molar-refractivity contribution in [3.05, 3.63) is 139 Å². The summed E-state index contributed by atoms with van der Waals surface area (Å²) in [7, 11) is 0. The Bertz CT molecular complexity index is 2300. The maximum absolute atomic E-state index is 13.4. The lowest BCUT2D eigenvalue weighted by molar-refractivity contribution is -0.148. The van der Waals surface area contributed by atoms with Gasteiger partial charge in [0.15, 0.2) is 6.10 Å². The average molecular weight is 864 g/mol. The number of para-hydroxylation sites is 1. The first-order valence-corrected chi connectivity index (χ1v) is 20.6. The number of hydrogen-bond donors (Lipinski definition) is 1. The number of hydrazone groups is 1. The maximum Gasteiger partial charge on any atom is 0.343 e. The van der Waals surface area contributed by atoms with Gasteiger partial charge in [0, 0.05) is 30.7 Å². The molecule has 15 heteroatoms. The molecule has 0 aliphatic rings. The van der Waals surface area contributed by atoms with Crippen LogP contribution in [0, 0.1) is 0 Å². The molecule has 0 aliphatic carbocycles. The Morgan fingerprint density at radius 2 is 1.48 bits per heavy atom. The number of nitrogens with zero attached hydrogens (tertiary/aromatic N) is 2. The lowest BCUT2D eigenvalue weighted by Gasteiger charge is -2.21. The molecule has 0 amide bonds. The van der Waals surface area contributed by atoms with Crippen molar-refractivity contribution in [3.63, 3.8) is 0 Å². The molecule has 62 heavy (non-hydrogen) atoms. The van der Waals surface area contributed by atoms with Crippen LogP contribution in [0.1, 0.15) is 65.5 Å². The fourth-order valence-electron chi connectivity index (χ4n) is 5.50. The molecule has 1 aromatic heterocycles. The highest BCUT2D eigenvalue weighted by Gasteiger charge is 2.17. The number of nitrogens with one attached hydrogen (secondary N) is 1. The minimum atomic E-state index is -0.741. The second-order valence-corrected chi connectivity index (χ2v) is 15.5. The van der Waals surface area contributed by atoms with Crippen molar-refractivity contribution < 1.29 is 52.3 Å². The highest BCUT2D eigenvalue weighted by Crippen LogP contribution is 2.26. The van der Waals surface area contributed by atoms with E-state index in [1.165, 1.54) is 17.6 Å². The molecule has 1 unspecified atom stereocenters. The zero-order valence-corrected chi connectivity index (χ0v) is 35.7. The van der Waals surface area contributed by atoms with Gasteiger partial charge in [-0.05, 0) is 112 Å². The third-order valence-electron chi connectivity index (χ3n) is 8.45. The van der Waals surface area contributed by atoms with E-state index in [4.69, 9.17) is 33.2 Å². The second-order valence-electron chi connectivity index (χ2n) is 14.5. The third kappa shape index (κ3) is 15.3. The molecule has 14 nitrogen and oxygen atoms in total. The van der Waals surface area contributed by atoms with Crippen molar-refractivity contribution in [2.24, 2.45) is 5.10 Å². The molecule has 0 bridgehead atoms. The number of ether oxygens (including phenoxy) is 7. The predicted octanol–water partition coefficient (Wildman–Crippen LogP) is 8.54. The van der Waals surface area contributed by atoms with Gasteiger partial charge in [0.25, 0.3) is 0 Å². The van der Waals surface area contributed by atoms with Gasteiger partial charge in [-0.2, -0.15) is 5.10 Å². The van der Waals surface area contributed by atoms with E-state index < -0.39 is 30.0 Å². The Kier molecular flexibility index (Phi) is 17.3. The topological polar surface area (TPSA) is 170 Å². The highest BCUT2D eigenvalue weighted by molar-refractivity contribution is 7.22. The number of anilines is 1. The van der Waals surface area contributed by atoms with Crippen LogP contribution in [0.3, 0.4) is 0 Å². The van der Waals surface area contributed by atoms with Gasteiger partial charge < -0.3 is 33.2 Å². The van der Waals surface area contributed by atoms with Crippen LogP contribution in [0.4, 0.5) is 5.13 Å². The Morgan fingerprint density at radius 3 is 2.19 bits per heavy atom. The number of carbonyl (C=O) groups is 4. The van der Waals surface area contributed by atoms with Crippen LogP contribution in [0.2, 0.25) is 0 Å². The largest absolute Gasteiger partial charge is 0.490 e. The predicted molar refractivity (Wildman–Crippen MR) is 236 cm³/mol. The first kappa shape index (κ1) is 46.2. The molecule has 0 radical (unpaired) electrons. The van der Waals surface area contributed by atoms with Gasteiger partial charge in [-0.25, -0.2) is 24.2 Å². The molecular weight excluding hydrogens is 815 g/mol. The first-order valence-electron chi connectivity index (χ1n) is 19.8. The molecule has 1 atom stereocenters. The molecule has 5 aromatic rings. The molecule has 1 N–H and O–H groups in total. The Balaban J connectivity index is 1.19. The molecule has 324 valence electrons. The van der Waals surface area contributed by atoms with E-state index >= 15 is 0 Å². The minimum absolute atomic E-state index is 0.0280. The van der Waals surface area contributed by atoms with Gasteiger partial charge >= 0.3 is 23.9 Å². The fourth-order valence-corrected chi connectivity index (χ4v) is 6.31. The normalized spacial score (nSPS) is 11.7. The van der Waals surface area contributed by atoms with Crippen LogP contribution in [0.25, 0.3) is 10.2 Å². The summed E-state index contributed by atoms with van der Waals surface area (Å²) in [5, 5.41) is 4.97. The molecule has 0 fully saturated rings. The van der Waals surface area contributed by atoms with Crippen LogP contribution in [-0.4, -0.2) is 79.8 Å². The number of carbonyl (C=O) groups excluding carboxylic acids is 4. The van der Waals surface area contributed by atoms with E-state index in [-0.39, 0.29) is 43.3 Å². The molecule has 5 rings (SSSR count). The van der Waals surface area contributed by atoms with Crippen LogP contribution >= 0.6 is 11.3 Å². The van der Waals surface area contributed by atoms with Gasteiger partial charge in [-0.3, -0.25) is 5.43 Å². The van der Waals surface area contributed by atoms with E-state index in [0.717, 1.165) is 27.9 Å². The SMILES string of the molecule is C=CC(=O)OCCCCOCC(COc1ccc(C(=O)Oc2ccc(CCOC(=O)c3ccc(OC(C)(C)C)cc3)cc2/C=N/Nc2nc3ccccc3s2)cc1)OC(=O)C=C. The van der Waals surface area contributed by atoms with Gasteiger partial charge in [0.2, 0.25) is 5.13 Å². The van der Waals surface area contributed by atoms with Crippen molar-refractivity contribution in [2.45, 2.75) is 51.7 Å². The lowest BCUT2D eigenvalue weighted by atomic mass is 10.1. The van der Waals surface area contributed by atoms with Gasteiger partial charge in [0.1, 0.15) is 29.5 Å². The van der Waals surface area contributed by atoms with Crippen molar-refractivity contribution in [3.8, 4) is 17.2 Å². The van der Waals surface area contributed by atoms with Gasteiger partial charge in [-0.1, -0.05) is 42.7 Å². The average Bonchev–Trinajstić information content (AvgIpc) is 3.68. The summed E-state index contributed by atoms with van der Waals surface area (Å²) < 4.78 is 40.1. The Labute approximate surface area is 364 Å². The molecule has 0 saturated carbocycles. The van der Waals surface area contributed by atoms with E-state index in [0.29, 0.717) is 53.6 Å². The van der Waals surface area contributed by atoms with E-state index in [1.807, 2.05) is 45.0 Å². The molecule has 0 saturated heterocycles. The van der Waals surface area contributed by atoms with Gasteiger partial charge in [0.05, 0.1) is 47.4 Å². The molecule has 4 aromatic carbocycles. The summed E-state index contributed by atoms with van der Waals surface area (Å²) >= 11 is 1.45. The second kappa shape index (κ2) is 23.2. The number of hydrogen-bond acceptors (Lipinski definition) is 15. The van der Waals surface area contributed by atoms with Crippen molar-refractivity contribution in [1.82, 2.24) is 4.98 Å². The van der Waals surface area contributed by atoms with Crippen molar-refractivity contribution >= 4 is 56.8 Å². The zero-order chi connectivity index (χ0) is 44.3. The van der Waals surface area contributed by atoms with Crippen molar-refractivity contribution in [2.75, 3.05) is 38.5 Å². The number of benzene rings is 4. The number of aromatic nitrogens is 1. The summed E-state index contributed by atoms with van der Waals surface area (Å²) in [6.07, 6.45) is 4.53. The van der Waals surface area contributed by atoms with Gasteiger partial charge in [-0.15, -0.1) is 0 Å². The smallest absolute Gasteiger partial charge is 0.343 e. The quantitative estimate of drug-likeness (QED) is 0.0126. The fraction of sp³-hybridized carbons (Fsp3) is 0.277. The summed E-state index contributed by atoms with van der Waals surface area (Å²) in [5.74, 6) is -0.897. The van der Waals surface area contributed by atoms with E-state index in [2.05, 4.69) is 28.7 Å². The molecular formula is C47H49N3O11S. The number of unbranched alkanes of at least 4 members (excludes halogenated alkanes) is 1. The summed E-state index contributed by atoms with van der Waals surface area (Å²) in [6.45, 7) is 13.4. The number of thiazole rings is 1. The third-order valence-corrected chi connectivity index (χ3v) is 9.39. The molecule has 0 spiro atoms. The summed E-state index contributed by atoms with van der Waals surface area (Å²) in [4.78, 5) is 53.8. The standard InChI is InChI=1S/C47H49N3O11S/c1-6-42(51)56-26-11-10-25-55-30-38(59-43(52)7-2)31-58-36-19-15-34(16-20-36)45(54)60-40-23-14-32(24-27-57-44(53)33-17-21-37(22-18-33)61-47(3,4)5)28-35(40)29-48-50-46-49-39-12-8-9-13-41(39)62-46/h6-9,12-23,28-29,38H,1-2,10-11,24-27,30-31H2,3-5H3,(H,49,50)/b48-29+. The van der Waals surface area contributed by atoms with Crippen LogP contribution in [-0.2, 0) is 35.0 Å². The van der Waals surface area contributed by atoms with Crippen molar-refractivity contribution in [1.29, 1.82) is 0 Å². The van der Waals surface area contributed by atoms with Crippen LogP contribution in [0.5, 0.6) is 17.2 Å². The van der Waals surface area contributed by atoms with E-state index in [9.17, 15) is 19.2 Å². The van der Waals surface area contributed by atoms with E-state index in [1.54, 1.807) is 66.7 Å². The molecule has 1 heterocycles. The van der Waals surface area contributed by atoms with Crippen LogP contribution in [0.15, 0.2) is 121 Å². The molecule has 0 aliphatic heterocycles. The Hall–Kier alpha value is -6.84. The minimum Gasteiger partial charge on any atom is -0.490 e. The lowest BCUT2D eigenvalue weighted by Crippen LogP contribution is -2.29. The zero-order valence-electron chi connectivity index (χ0n) is 34.8. The number of fused-ring (bicyclic) bond motifs is 1. The summed E-state index contributed by atoms with van der Waals surface area (Å²) in [5.41, 5.74) is 5.38.